The zero-order valence-corrected chi connectivity index (χ0v) is 13.0. The fourth-order valence-corrected chi connectivity index (χ4v) is 1.54. The van der Waals surface area contributed by atoms with Crippen molar-refractivity contribution in [3.63, 3.8) is 0 Å². The van der Waals surface area contributed by atoms with Crippen molar-refractivity contribution in [1.82, 2.24) is 15.5 Å². The third kappa shape index (κ3) is 6.40. The van der Waals surface area contributed by atoms with E-state index in [1.165, 1.54) is 7.05 Å². The van der Waals surface area contributed by atoms with Gasteiger partial charge in [-0.1, -0.05) is 20.8 Å². The third-order valence-electron chi connectivity index (χ3n) is 2.56. The van der Waals surface area contributed by atoms with Gasteiger partial charge in [0.05, 0.1) is 0 Å². The lowest BCUT2D eigenvalue weighted by Gasteiger charge is -2.29. The Balaban J connectivity index is 4.59. The number of urea groups is 1. The van der Waals surface area contributed by atoms with Crippen LogP contribution in [0, 0.1) is 5.41 Å². The Bertz CT molecular complexity index is 374. The van der Waals surface area contributed by atoms with Gasteiger partial charge in [-0.15, -0.1) is 0 Å². The van der Waals surface area contributed by atoms with Crippen molar-refractivity contribution in [2.45, 2.75) is 46.7 Å². The van der Waals surface area contributed by atoms with Gasteiger partial charge in [0, 0.05) is 13.1 Å². The SMILES string of the molecule is CC(C)NC(=O)CN(C)C(=O)N[C@@H](C(=O)O)C(C)(C)C. The average Bonchev–Trinajstić information content (AvgIpc) is 2.21. The molecular weight excluding hydrogens is 262 g/mol. The van der Waals surface area contributed by atoms with E-state index in [2.05, 4.69) is 10.6 Å². The molecule has 0 saturated carbocycles. The van der Waals surface area contributed by atoms with Crippen LogP contribution in [0.15, 0.2) is 0 Å². The molecule has 0 aliphatic heterocycles. The summed E-state index contributed by atoms with van der Waals surface area (Å²) in [4.78, 5) is 35.7. The second-order valence-corrected chi connectivity index (χ2v) is 6.17. The van der Waals surface area contributed by atoms with Gasteiger partial charge in [-0.05, 0) is 19.3 Å². The Morgan fingerprint density at radius 1 is 1.15 bits per heavy atom. The summed E-state index contributed by atoms with van der Waals surface area (Å²) >= 11 is 0. The molecule has 0 aliphatic carbocycles. The minimum Gasteiger partial charge on any atom is -0.480 e. The maximum atomic E-state index is 11.9. The second kappa shape index (κ2) is 7.12. The summed E-state index contributed by atoms with van der Waals surface area (Å²) in [5, 5.41) is 14.2. The Kier molecular flexibility index (Phi) is 6.48. The minimum absolute atomic E-state index is 0.0136. The van der Waals surface area contributed by atoms with E-state index >= 15 is 0 Å². The van der Waals surface area contributed by atoms with Gasteiger partial charge in [-0.25, -0.2) is 9.59 Å². The van der Waals surface area contributed by atoms with Gasteiger partial charge in [-0.3, -0.25) is 4.79 Å². The molecule has 7 heteroatoms. The van der Waals surface area contributed by atoms with Crippen LogP contribution in [-0.2, 0) is 9.59 Å². The fraction of sp³-hybridized carbons (Fsp3) is 0.769. The molecule has 0 rings (SSSR count). The lowest BCUT2D eigenvalue weighted by atomic mass is 9.87. The topological polar surface area (TPSA) is 98.7 Å². The molecule has 0 spiro atoms. The highest BCUT2D eigenvalue weighted by Gasteiger charge is 2.33. The molecule has 0 fully saturated rings. The van der Waals surface area contributed by atoms with Crippen molar-refractivity contribution >= 4 is 17.9 Å². The Morgan fingerprint density at radius 2 is 1.65 bits per heavy atom. The van der Waals surface area contributed by atoms with Crippen LogP contribution in [0.1, 0.15) is 34.6 Å². The molecule has 0 radical (unpaired) electrons. The zero-order chi connectivity index (χ0) is 16.1. The molecule has 0 saturated heterocycles. The largest absolute Gasteiger partial charge is 0.480 e. The van der Waals surface area contributed by atoms with E-state index in [-0.39, 0.29) is 18.5 Å². The van der Waals surface area contributed by atoms with Crippen molar-refractivity contribution in [2.75, 3.05) is 13.6 Å². The van der Waals surface area contributed by atoms with Gasteiger partial charge < -0.3 is 20.6 Å². The van der Waals surface area contributed by atoms with E-state index < -0.39 is 23.5 Å². The summed E-state index contributed by atoms with van der Waals surface area (Å²) in [6, 6.07) is -1.63. The summed E-state index contributed by atoms with van der Waals surface area (Å²) in [6.45, 7) is 8.67. The van der Waals surface area contributed by atoms with Crippen LogP contribution in [0.5, 0.6) is 0 Å². The second-order valence-electron chi connectivity index (χ2n) is 6.17. The summed E-state index contributed by atoms with van der Waals surface area (Å²) in [7, 11) is 1.44. The van der Waals surface area contributed by atoms with Crippen LogP contribution >= 0.6 is 0 Å². The fourth-order valence-electron chi connectivity index (χ4n) is 1.54. The molecule has 20 heavy (non-hydrogen) atoms. The minimum atomic E-state index is -1.11. The van der Waals surface area contributed by atoms with Gasteiger partial charge in [0.1, 0.15) is 12.6 Å². The number of carboxylic acids is 1. The highest BCUT2D eigenvalue weighted by molar-refractivity contribution is 5.86. The number of hydrogen-bond donors (Lipinski definition) is 3. The van der Waals surface area contributed by atoms with E-state index in [0.717, 1.165) is 4.90 Å². The summed E-state index contributed by atoms with van der Waals surface area (Å²) in [5.74, 6) is -1.40. The molecular formula is C13H25N3O4. The molecule has 0 unspecified atom stereocenters. The van der Waals surface area contributed by atoms with Gasteiger partial charge in [0.25, 0.3) is 0 Å². The van der Waals surface area contributed by atoms with Gasteiger partial charge in [0.2, 0.25) is 5.91 Å². The lowest BCUT2D eigenvalue weighted by molar-refractivity contribution is -0.142. The van der Waals surface area contributed by atoms with Gasteiger partial charge in [-0.2, -0.15) is 0 Å². The van der Waals surface area contributed by atoms with Crippen LogP contribution < -0.4 is 10.6 Å². The predicted octanol–water partition coefficient (Wildman–Crippen LogP) is 0.652. The van der Waals surface area contributed by atoms with Crippen LogP contribution in [-0.4, -0.2) is 53.6 Å². The van der Waals surface area contributed by atoms with Crippen molar-refractivity contribution in [3.05, 3.63) is 0 Å². The normalized spacial score (nSPS) is 12.8. The van der Waals surface area contributed by atoms with Crippen LogP contribution in [0.3, 0.4) is 0 Å². The molecule has 3 N–H and O–H groups in total. The molecule has 0 aliphatic rings. The molecule has 0 bridgehead atoms. The number of amides is 3. The number of nitrogens with one attached hydrogen (secondary N) is 2. The van der Waals surface area contributed by atoms with E-state index in [9.17, 15) is 14.4 Å². The Morgan fingerprint density at radius 3 is 2.00 bits per heavy atom. The third-order valence-corrected chi connectivity index (χ3v) is 2.56. The van der Waals surface area contributed by atoms with Gasteiger partial charge >= 0.3 is 12.0 Å². The number of carbonyl (C=O) groups is 3. The number of rotatable bonds is 5. The van der Waals surface area contributed by atoms with E-state index in [4.69, 9.17) is 5.11 Å². The van der Waals surface area contributed by atoms with E-state index in [0.29, 0.717) is 0 Å². The maximum Gasteiger partial charge on any atom is 0.326 e. The average molecular weight is 287 g/mol. The number of hydrogen-bond acceptors (Lipinski definition) is 3. The molecule has 0 aromatic heterocycles. The smallest absolute Gasteiger partial charge is 0.326 e. The van der Waals surface area contributed by atoms with Gasteiger partial charge in [0.15, 0.2) is 0 Å². The molecule has 0 heterocycles. The zero-order valence-electron chi connectivity index (χ0n) is 13.0. The molecule has 1 atom stereocenters. The van der Waals surface area contributed by atoms with Crippen LogP contribution in [0.4, 0.5) is 4.79 Å². The summed E-state index contributed by atoms with van der Waals surface area (Å²) < 4.78 is 0. The first-order valence-electron chi connectivity index (χ1n) is 6.49. The van der Waals surface area contributed by atoms with Crippen molar-refractivity contribution < 1.29 is 19.5 Å². The predicted molar refractivity (Wildman–Crippen MR) is 75.3 cm³/mol. The van der Waals surface area contributed by atoms with E-state index in [1.807, 2.05) is 13.8 Å². The summed E-state index contributed by atoms with van der Waals surface area (Å²) in [5.41, 5.74) is -0.622. The monoisotopic (exact) mass is 287 g/mol. The Labute approximate surface area is 119 Å². The lowest BCUT2D eigenvalue weighted by Crippen LogP contribution is -2.54. The van der Waals surface area contributed by atoms with Crippen LogP contribution in [0.2, 0.25) is 0 Å². The van der Waals surface area contributed by atoms with E-state index in [1.54, 1.807) is 20.8 Å². The highest BCUT2D eigenvalue weighted by Crippen LogP contribution is 2.19. The molecule has 0 aromatic carbocycles. The van der Waals surface area contributed by atoms with Crippen LogP contribution in [0.25, 0.3) is 0 Å². The number of nitrogens with zero attached hydrogens (tertiary/aromatic N) is 1. The standard InChI is InChI=1S/C13H25N3O4/c1-8(2)14-9(17)7-16(6)12(20)15-10(11(18)19)13(3,4)5/h8,10H,7H2,1-6H3,(H,14,17)(H,15,20)(H,18,19)/t10-/m0/s1. The van der Waals surface area contributed by atoms with Crippen molar-refractivity contribution in [3.8, 4) is 0 Å². The highest BCUT2D eigenvalue weighted by atomic mass is 16.4. The maximum absolute atomic E-state index is 11.9. The first-order chi connectivity index (χ1) is 8.95. The molecule has 7 nitrogen and oxygen atoms in total. The van der Waals surface area contributed by atoms with Crippen molar-refractivity contribution in [2.24, 2.45) is 5.41 Å². The number of carboxylic acid groups (broad SMARTS) is 1. The summed E-state index contributed by atoms with van der Waals surface area (Å²) in [6.07, 6.45) is 0. The Hall–Kier alpha value is -1.79. The molecule has 3 amide bonds. The quantitative estimate of drug-likeness (QED) is 0.691. The molecule has 116 valence electrons. The van der Waals surface area contributed by atoms with Crippen molar-refractivity contribution in [1.29, 1.82) is 0 Å². The number of likely N-dealkylation sites (N-methyl/N-ethyl adjacent to an activating group) is 1. The first-order valence-corrected chi connectivity index (χ1v) is 6.49. The number of aliphatic carboxylic acids is 1. The molecule has 0 aromatic rings. The first kappa shape index (κ1) is 18.2. The number of carbonyl (C=O) groups excluding carboxylic acids is 2.